The average Bonchev–Trinajstić information content (AvgIpc) is 3.26. The molecule has 2 aliphatic heterocycles. The van der Waals surface area contributed by atoms with Crippen molar-refractivity contribution in [3.63, 3.8) is 0 Å². The fourth-order valence-corrected chi connectivity index (χ4v) is 8.21. The van der Waals surface area contributed by atoms with Gasteiger partial charge in [-0.3, -0.25) is 4.98 Å². The van der Waals surface area contributed by atoms with E-state index in [1.807, 2.05) is 24.3 Å². The fourth-order valence-electron chi connectivity index (χ4n) is 8.21. The quantitative estimate of drug-likeness (QED) is 0.521. The molecule has 7 rings (SSSR count). The van der Waals surface area contributed by atoms with Gasteiger partial charge in [-0.2, -0.15) is 0 Å². The Kier molecular flexibility index (Phi) is 4.09. The number of hydrogen-bond acceptors (Lipinski definition) is 6. The van der Waals surface area contributed by atoms with Crippen molar-refractivity contribution in [2.24, 2.45) is 11.3 Å². The first-order valence-electron chi connectivity index (χ1n) is 12.4. The third-order valence-electron chi connectivity index (χ3n) is 10.1. The SMILES string of the molecule is C[C@]12CC=C3C=C4C[C@H](O)[C@@H](O)C[C@]45CCC3(O5)[C@@H]1C[C@@H](O)[C@]2(O)c1ccc2ccncc2c1. The minimum absolute atomic E-state index is 0.0780. The molecule has 6 heteroatoms. The van der Waals surface area contributed by atoms with Crippen LogP contribution >= 0.6 is 0 Å². The molecule has 0 radical (unpaired) electrons. The van der Waals surface area contributed by atoms with E-state index in [4.69, 9.17) is 4.74 Å². The van der Waals surface area contributed by atoms with Gasteiger partial charge in [-0.05, 0) is 66.3 Å². The van der Waals surface area contributed by atoms with E-state index >= 15 is 0 Å². The van der Waals surface area contributed by atoms with E-state index in [9.17, 15) is 20.4 Å². The van der Waals surface area contributed by atoms with Crippen molar-refractivity contribution < 1.29 is 25.2 Å². The molecule has 3 fully saturated rings. The highest BCUT2D eigenvalue weighted by Gasteiger charge is 2.72. The topological polar surface area (TPSA) is 103 Å². The second-order valence-corrected chi connectivity index (χ2v) is 11.5. The average molecular weight is 462 g/mol. The molecule has 6 nitrogen and oxygen atoms in total. The van der Waals surface area contributed by atoms with E-state index in [0.29, 0.717) is 25.7 Å². The van der Waals surface area contributed by atoms with Crippen LogP contribution in [-0.2, 0) is 10.3 Å². The molecule has 2 bridgehead atoms. The molecule has 34 heavy (non-hydrogen) atoms. The summed E-state index contributed by atoms with van der Waals surface area (Å²) in [6.07, 6.45) is 8.88. The van der Waals surface area contributed by atoms with Crippen molar-refractivity contribution in [2.75, 3.05) is 0 Å². The predicted molar refractivity (Wildman–Crippen MR) is 126 cm³/mol. The summed E-state index contributed by atoms with van der Waals surface area (Å²) in [5.74, 6) is -0.0780. The molecule has 2 spiro atoms. The van der Waals surface area contributed by atoms with E-state index in [1.165, 1.54) is 0 Å². The van der Waals surface area contributed by atoms with Crippen LogP contribution in [0.25, 0.3) is 10.8 Å². The molecule has 4 N–H and O–H groups in total. The summed E-state index contributed by atoms with van der Waals surface area (Å²) in [6, 6.07) is 7.83. The number of benzene rings is 1. The van der Waals surface area contributed by atoms with Gasteiger partial charge < -0.3 is 25.2 Å². The molecule has 2 aromatic rings. The summed E-state index contributed by atoms with van der Waals surface area (Å²) in [5, 5.41) is 46.5. The number of aromatic nitrogens is 1. The Hall–Kier alpha value is -2.09. The zero-order valence-electron chi connectivity index (χ0n) is 19.3. The molecule has 0 amide bonds. The van der Waals surface area contributed by atoms with E-state index in [2.05, 4.69) is 24.1 Å². The number of aliphatic hydroxyl groups is 4. The van der Waals surface area contributed by atoms with Gasteiger partial charge in [0, 0.05) is 35.5 Å². The molecule has 1 aromatic heterocycles. The number of nitrogens with zero attached hydrogens (tertiary/aromatic N) is 1. The number of pyridine rings is 1. The van der Waals surface area contributed by atoms with Crippen LogP contribution in [0, 0.1) is 11.3 Å². The zero-order valence-corrected chi connectivity index (χ0v) is 19.3. The Morgan fingerprint density at radius 3 is 2.76 bits per heavy atom. The summed E-state index contributed by atoms with van der Waals surface area (Å²) in [5.41, 5.74) is -0.310. The minimum Gasteiger partial charge on any atom is -0.390 e. The molecule has 5 aliphatic rings. The van der Waals surface area contributed by atoms with Crippen LogP contribution < -0.4 is 0 Å². The lowest BCUT2D eigenvalue weighted by atomic mass is 9.56. The van der Waals surface area contributed by atoms with Crippen molar-refractivity contribution in [2.45, 2.75) is 80.6 Å². The lowest BCUT2D eigenvalue weighted by Gasteiger charge is -2.55. The molecule has 178 valence electrons. The molecular weight excluding hydrogens is 430 g/mol. The normalized spacial score (nSPS) is 47.0. The third-order valence-corrected chi connectivity index (χ3v) is 10.1. The lowest BCUT2D eigenvalue weighted by molar-refractivity contribution is -0.182. The van der Waals surface area contributed by atoms with E-state index < -0.39 is 40.5 Å². The van der Waals surface area contributed by atoms with Gasteiger partial charge in [0.1, 0.15) is 5.60 Å². The van der Waals surface area contributed by atoms with Crippen molar-refractivity contribution in [3.05, 3.63) is 65.5 Å². The Balaban J connectivity index is 1.36. The van der Waals surface area contributed by atoms with Crippen LogP contribution in [-0.4, -0.2) is 54.9 Å². The van der Waals surface area contributed by atoms with Crippen molar-refractivity contribution >= 4 is 10.8 Å². The van der Waals surface area contributed by atoms with Crippen LogP contribution in [0.2, 0.25) is 0 Å². The van der Waals surface area contributed by atoms with Crippen LogP contribution in [0.15, 0.2) is 60.0 Å². The van der Waals surface area contributed by atoms with Gasteiger partial charge in [-0.25, -0.2) is 0 Å². The van der Waals surface area contributed by atoms with Crippen LogP contribution in [0.5, 0.6) is 0 Å². The molecule has 1 saturated heterocycles. The first-order valence-corrected chi connectivity index (χ1v) is 12.4. The Labute approximate surface area is 198 Å². The standard InChI is InChI=1S/C28H31NO5/c1-25-6-4-18-11-20-12-21(30)22(31)14-26(20)7-8-27(18,34-26)23(25)13-24(32)28(25,33)19-3-2-16-5-9-29-15-17(16)10-19/h2-5,9-11,15,21-24,30-33H,6-8,12-14H2,1H3/t21-,22-,23+,24+,25-,26+,27?,28+/m0/s1. The first kappa shape index (κ1) is 21.2. The molecule has 2 saturated carbocycles. The fraction of sp³-hybridized carbons (Fsp3) is 0.536. The highest BCUT2D eigenvalue weighted by molar-refractivity contribution is 5.82. The van der Waals surface area contributed by atoms with Gasteiger partial charge in [-0.15, -0.1) is 0 Å². The molecule has 1 unspecified atom stereocenters. The van der Waals surface area contributed by atoms with Crippen LogP contribution in [0.3, 0.4) is 0 Å². The summed E-state index contributed by atoms with van der Waals surface area (Å²) in [6.45, 7) is 2.09. The van der Waals surface area contributed by atoms with Gasteiger partial charge in [0.25, 0.3) is 0 Å². The zero-order chi connectivity index (χ0) is 23.5. The maximum Gasteiger partial charge on any atom is 0.121 e. The summed E-state index contributed by atoms with van der Waals surface area (Å²) < 4.78 is 6.99. The second kappa shape index (κ2) is 6.56. The number of aliphatic hydroxyl groups excluding tert-OH is 3. The van der Waals surface area contributed by atoms with E-state index in [1.54, 1.807) is 12.4 Å². The van der Waals surface area contributed by atoms with Crippen molar-refractivity contribution in [1.29, 1.82) is 0 Å². The Bertz CT molecular complexity index is 1270. The smallest absolute Gasteiger partial charge is 0.121 e. The first-order chi connectivity index (χ1) is 16.2. The van der Waals surface area contributed by atoms with Crippen LogP contribution in [0.1, 0.15) is 51.0 Å². The lowest BCUT2D eigenvalue weighted by Crippen LogP contribution is -2.58. The number of hydrogen-bond donors (Lipinski definition) is 4. The maximum absolute atomic E-state index is 12.3. The maximum atomic E-state index is 12.3. The number of allylic oxidation sites excluding steroid dienone is 1. The van der Waals surface area contributed by atoms with E-state index in [0.717, 1.165) is 40.3 Å². The van der Waals surface area contributed by atoms with Gasteiger partial charge >= 0.3 is 0 Å². The van der Waals surface area contributed by atoms with Gasteiger partial charge in [-0.1, -0.05) is 31.2 Å². The molecule has 3 heterocycles. The summed E-state index contributed by atoms with van der Waals surface area (Å²) >= 11 is 0. The van der Waals surface area contributed by atoms with Gasteiger partial charge in [0.05, 0.1) is 29.5 Å². The Morgan fingerprint density at radius 2 is 1.91 bits per heavy atom. The third kappa shape index (κ3) is 2.36. The summed E-state index contributed by atoms with van der Waals surface area (Å²) in [7, 11) is 0. The largest absolute Gasteiger partial charge is 0.390 e. The highest BCUT2D eigenvalue weighted by Crippen LogP contribution is 2.70. The van der Waals surface area contributed by atoms with Gasteiger partial charge in [0.15, 0.2) is 0 Å². The highest BCUT2D eigenvalue weighted by atomic mass is 16.5. The number of ether oxygens (including phenoxy) is 1. The van der Waals surface area contributed by atoms with Crippen molar-refractivity contribution in [1.82, 2.24) is 4.98 Å². The predicted octanol–water partition coefficient (Wildman–Crippen LogP) is 2.88. The Morgan fingerprint density at radius 1 is 1.06 bits per heavy atom. The summed E-state index contributed by atoms with van der Waals surface area (Å²) in [4.78, 5) is 4.24. The monoisotopic (exact) mass is 461 g/mol. The van der Waals surface area contributed by atoms with E-state index in [-0.39, 0.29) is 5.92 Å². The molecule has 1 aromatic carbocycles. The molecular formula is C28H31NO5. The van der Waals surface area contributed by atoms with Crippen LogP contribution in [0.4, 0.5) is 0 Å². The van der Waals surface area contributed by atoms with Crippen molar-refractivity contribution in [3.8, 4) is 0 Å². The molecule has 8 atom stereocenters. The molecule has 3 aliphatic carbocycles. The second-order valence-electron chi connectivity index (χ2n) is 11.5. The minimum atomic E-state index is -1.43. The number of rotatable bonds is 1. The number of fused-ring (bicyclic) bond motifs is 2. The van der Waals surface area contributed by atoms with Gasteiger partial charge in [0.2, 0.25) is 0 Å².